The predicted molar refractivity (Wildman–Crippen MR) is 111 cm³/mol. The molecule has 1 heterocycles. The number of hydrogen-bond donors (Lipinski definition) is 1. The standard InChI is InChI=1S/C23H24N2O6/c1-2-30-22(28)19(13-16-9-5-3-6-10-16)25-20(26)14-18(21(25)27)24-23(29)31-15-17-11-7-4-8-12-17/h3-12,18-19H,2,13-15H2,1H3,(H,24,29)/t18-,19-/m0/s1. The fourth-order valence-corrected chi connectivity index (χ4v) is 3.35. The number of alkyl carbamates (subject to hydrolysis) is 1. The number of ether oxygens (including phenoxy) is 2. The summed E-state index contributed by atoms with van der Waals surface area (Å²) >= 11 is 0. The molecule has 8 heteroatoms. The molecule has 162 valence electrons. The molecule has 0 bridgehead atoms. The lowest BCUT2D eigenvalue weighted by Gasteiger charge is -2.25. The summed E-state index contributed by atoms with van der Waals surface area (Å²) in [6.45, 7) is 1.80. The molecule has 2 aromatic rings. The Morgan fingerprint density at radius 3 is 2.23 bits per heavy atom. The number of hydrogen-bond acceptors (Lipinski definition) is 6. The molecule has 0 aliphatic carbocycles. The summed E-state index contributed by atoms with van der Waals surface area (Å²) in [5.41, 5.74) is 1.57. The maximum absolute atomic E-state index is 12.9. The molecule has 0 aromatic heterocycles. The Labute approximate surface area is 180 Å². The number of amides is 3. The van der Waals surface area contributed by atoms with Gasteiger partial charge in [-0.2, -0.15) is 0 Å². The molecule has 0 saturated carbocycles. The van der Waals surface area contributed by atoms with Crippen molar-refractivity contribution in [2.45, 2.75) is 38.5 Å². The number of likely N-dealkylation sites (tertiary alicyclic amines) is 1. The summed E-state index contributed by atoms with van der Waals surface area (Å²) in [7, 11) is 0. The number of esters is 1. The molecule has 2 atom stereocenters. The number of nitrogens with zero attached hydrogens (tertiary/aromatic N) is 1. The quantitative estimate of drug-likeness (QED) is 0.515. The topological polar surface area (TPSA) is 102 Å². The van der Waals surface area contributed by atoms with Crippen LogP contribution in [0.2, 0.25) is 0 Å². The van der Waals surface area contributed by atoms with Crippen LogP contribution in [0.4, 0.5) is 4.79 Å². The van der Waals surface area contributed by atoms with Gasteiger partial charge in [-0.15, -0.1) is 0 Å². The van der Waals surface area contributed by atoms with E-state index in [-0.39, 0.29) is 26.1 Å². The molecule has 1 aliphatic rings. The number of nitrogens with one attached hydrogen (secondary N) is 1. The maximum atomic E-state index is 12.9. The predicted octanol–water partition coefficient (Wildman–Crippen LogP) is 2.21. The zero-order valence-corrected chi connectivity index (χ0v) is 17.2. The van der Waals surface area contributed by atoms with Crippen LogP contribution in [-0.2, 0) is 36.9 Å². The van der Waals surface area contributed by atoms with E-state index in [1.807, 2.05) is 24.3 Å². The van der Waals surface area contributed by atoms with Crippen LogP contribution in [-0.4, -0.2) is 47.5 Å². The molecule has 2 aromatic carbocycles. The molecule has 0 radical (unpaired) electrons. The molecule has 3 rings (SSSR count). The molecule has 1 N–H and O–H groups in total. The van der Waals surface area contributed by atoms with Gasteiger partial charge >= 0.3 is 12.1 Å². The van der Waals surface area contributed by atoms with E-state index in [0.717, 1.165) is 16.0 Å². The molecule has 3 amide bonds. The number of rotatable bonds is 8. The van der Waals surface area contributed by atoms with E-state index in [2.05, 4.69) is 5.32 Å². The second-order valence-electron chi connectivity index (χ2n) is 7.02. The Balaban J connectivity index is 1.67. The Kier molecular flexibility index (Phi) is 7.37. The van der Waals surface area contributed by atoms with Gasteiger partial charge < -0.3 is 14.8 Å². The van der Waals surface area contributed by atoms with E-state index in [1.165, 1.54) is 0 Å². The Morgan fingerprint density at radius 2 is 1.61 bits per heavy atom. The maximum Gasteiger partial charge on any atom is 0.408 e. The van der Waals surface area contributed by atoms with Gasteiger partial charge in [-0.05, 0) is 18.1 Å². The Bertz CT molecular complexity index is 932. The lowest BCUT2D eigenvalue weighted by molar-refractivity contribution is -0.158. The minimum absolute atomic E-state index is 0.0324. The van der Waals surface area contributed by atoms with Gasteiger partial charge in [-0.1, -0.05) is 60.7 Å². The minimum Gasteiger partial charge on any atom is -0.464 e. The minimum atomic E-state index is -1.10. The molecule has 0 spiro atoms. The number of carbonyl (C=O) groups is 4. The fraction of sp³-hybridized carbons (Fsp3) is 0.304. The van der Waals surface area contributed by atoms with Crippen molar-refractivity contribution in [1.29, 1.82) is 0 Å². The van der Waals surface area contributed by atoms with Gasteiger partial charge in [0.15, 0.2) is 0 Å². The number of imide groups is 1. The summed E-state index contributed by atoms with van der Waals surface area (Å²) in [6.07, 6.45) is -0.931. The first-order chi connectivity index (χ1) is 15.0. The van der Waals surface area contributed by atoms with Crippen LogP contribution in [0.1, 0.15) is 24.5 Å². The summed E-state index contributed by atoms with van der Waals surface area (Å²) in [6, 6.07) is 15.9. The highest BCUT2D eigenvalue weighted by atomic mass is 16.5. The molecule has 8 nitrogen and oxygen atoms in total. The Morgan fingerprint density at radius 1 is 1.00 bits per heavy atom. The first-order valence-corrected chi connectivity index (χ1v) is 10.0. The van der Waals surface area contributed by atoms with Gasteiger partial charge in [-0.3, -0.25) is 14.5 Å². The zero-order chi connectivity index (χ0) is 22.2. The molecular formula is C23H24N2O6. The third-order valence-corrected chi connectivity index (χ3v) is 4.83. The van der Waals surface area contributed by atoms with Crippen molar-refractivity contribution >= 4 is 23.9 Å². The van der Waals surface area contributed by atoms with E-state index in [4.69, 9.17) is 9.47 Å². The lowest BCUT2D eigenvalue weighted by Crippen LogP contribution is -2.50. The third kappa shape index (κ3) is 5.69. The average Bonchev–Trinajstić information content (AvgIpc) is 3.05. The van der Waals surface area contributed by atoms with E-state index < -0.39 is 36.0 Å². The molecule has 1 saturated heterocycles. The van der Waals surface area contributed by atoms with Crippen LogP contribution < -0.4 is 5.32 Å². The summed E-state index contributed by atoms with van der Waals surface area (Å²) < 4.78 is 10.2. The second-order valence-corrected chi connectivity index (χ2v) is 7.02. The molecule has 1 aliphatic heterocycles. The van der Waals surface area contributed by atoms with Gasteiger partial charge in [0.25, 0.3) is 5.91 Å². The van der Waals surface area contributed by atoms with Gasteiger partial charge in [-0.25, -0.2) is 9.59 Å². The van der Waals surface area contributed by atoms with Crippen molar-refractivity contribution in [2.75, 3.05) is 6.61 Å². The van der Waals surface area contributed by atoms with Crippen molar-refractivity contribution in [2.24, 2.45) is 0 Å². The van der Waals surface area contributed by atoms with Crippen LogP contribution in [0.3, 0.4) is 0 Å². The third-order valence-electron chi connectivity index (χ3n) is 4.83. The van der Waals surface area contributed by atoms with Gasteiger partial charge in [0, 0.05) is 6.42 Å². The summed E-state index contributed by atoms with van der Waals surface area (Å²) in [5, 5.41) is 2.42. The van der Waals surface area contributed by atoms with E-state index >= 15 is 0 Å². The smallest absolute Gasteiger partial charge is 0.408 e. The molecule has 0 unspecified atom stereocenters. The van der Waals surface area contributed by atoms with Crippen molar-refractivity contribution < 1.29 is 28.7 Å². The summed E-state index contributed by atoms with van der Waals surface area (Å²) in [4.78, 5) is 51.0. The largest absolute Gasteiger partial charge is 0.464 e. The van der Waals surface area contributed by atoms with Crippen molar-refractivity contribution in [1.82, 2.24) is 10.2 Å². The van der Waals surface area contributed by atoms with E-state index in [1.54, 1.807) is 43.3 Å². The van der Waals surface area contributed by atoms with Crippen LogP contribution >= 0.6 is 0 Å². The molecular weight excluding hydrogens is 400 g/mol. The fourth-order valence-electron chi connectivity index (χ4n) is 3.35. The zero-order valence-electron chi connectivity index (χ0n) is 17.2. The highest BCUT2D eigenvalue weighted by molar-refractivity contribution is 6.09. The van der Waals surface area contributed by atoms with Crippen LogP contribution in [0.25, 0.3) is 0 Å². The lowest BCUT2D eigenvalue weighted by atomic mass is 10.0. The highest BCUT2D eigenvalue weighted by Crippen LogP contribution is 2.21. The van der Waals surface area contributed by atoms with Crippen molar-refractivity contribution in [3.8, 4) is 0 Å². The van der Waals surface area contributed by atoms with Crippen LogP contribution in [0.15, 0.2) is 60.7 Å². The number of benzene rings is 2. The normalized spacial score (nSPS) is 16.7. The molecule has 1 fully saturated rings. The first kappa shape index (κ1) is 22.0. The van der Waals surface area contributed by atoms with Gasteiger partial charge in [0.1, 0.15) is 18.7 Å². The van der Waals surface area contributed by atoms with E-state index in [9.17, 15) is 19.2 Å². The summed E-state index contributed by atoms with van der Waals surface area (Å²) in [5.74, 6) is -1.87. The van der Waals surface area contributed by atoms with Crippen molar-refractivity contribution in [3.05, 3.63) is 71.8 Å². The SMILES string of the molecule is CCOC(=O)[C@H](Cc1ccccc1)N1C(=O)C[C@H](NC(=O)OCc2ccccc2)C1=O. The van der Waals surface area contributed by atoms with Crippen LogP contribution in [0, 0.1) is 0 Å². The first-order valence-electron chi connectivity index (χ1n) is 10.0. The van der Waals surface area contributed by atoms with Crippen LogP contribution in [0.5, 0.6) is 0 Å². The van der Waals surface area contributed by atoms with E-state index in [0.29, 0.717) is 0 Å². The monoisotopic (exact) mass is 424 g/mol. The highest BCUT2D eigenvalue weighted by Gasteiger charge is 2.46. The second kappa shape index (κ2) is 10.4. The van der Waals surface area contributed by atoms with Gasteiger partial charge in [0.2, 0.25) is 5.91 Å². The molecule has 31 heavy (non-hydrogen) atoms. The Hall–Kier alpha value is -3.68. The average molecular weight is 424 g/mol. The van der Waals surface area contributed by atoms with Crippen molar-refractivity contribution in [3.63, 3.8) is 0 Å². The number of carbonyl (C=O) groups excluding carboxylic acids is 4. The van der Waals surface area contributed by atoms with Gasteiger partial charge in [0.05, 0.1) is 13.0 Å².